The summed E-state index contributed by atoms with van der Waals surface area (Å²) in [6.45, 7) is 5.50. The first-order chi connectivity index (χ1) is 19.5. The van der Waals surface area contributed by atoms with Gasteiger partial charge in [0.1, 0.15) is 11.9 Å². The molecule has 0 bridgehead atoms. The fraction of sp³-hybridized carbons (Fsp3) is 0.194. The lowest BCUT2D eigenvalue weighted by molar-refractivity contribution is -0.140. The van der Waals surface area contributed by atoms with Crippen LogP contribution in [-0.2, 0) is 10.9 Å². The largest absolute Gasteiger partial charge is 0.433 e. The number of primary amides is 1. The number of nitrogens with one attached hydrogen (secondary N) is 1. The van der Waals surface area contributed by atoms with Crippen LogP contribution in [0.1, 0.15) is 36.8 Å². The second-order valence-corrected chi connectivity index (χ2v) is 9.85. The van der Waals surface area contributed by atoms with Crippen molar-refractivity contribution in [2.75, 3.05) is 5.32 Å². The van der Waals surface area contributed by atoms with E-state index in [1.165, 1.54) is 6.07 Å². The number of alkyl halides is 3. The minimum atomic E-state index is -4.70. The zero-order chi connectivity index (χ0) is 29.3. The number of rotatable bonds is 8. The number of benzene rings is 3. The molecule has 3 aromatic carbocycles. The van der Waals surface area contributed by atoms with Gasteiger partial charge in [-0.25, -0.2) is 9.97 Å². The van der Waals surface area contributed by atoms with Crippen LogP contribution in [0.4, 0.5) is 18.9 Å². The predicted octanol–water partition coefficient (Wildman–Crippen LogP) is 7.06. The summed E-state index contributed by atoms with van der Waals surface area (Å²) in [5.41, 5.74) is 7.97. The Labute approximate surface area is 234 Å². The topological polar surface area (TPSA) is 95.1 Å². The summed E-state index contributed by atoms with van der Waals surface area (Å²) in [6, 6.07) is 20.3. The Morgan fingerprint density at radius 2 is 1.73 bits per heavy atom. The molecule has 7 nitrogen and oxygen atoms in total. The Kier molecular flexibility index (Phi) is 7.51. The average Bonchev–Trinajstić information content (AvgIpc) is 3.41. The summed E-state index contributed by atoms with van der Waals surface area (Å²) in [4.78, 5) is 20.7. The molecule has 5 aromatic rings. The third kappa shape index (κ3) is 5.92. The second-order valence-electron chi connectivity index (χ2n) is 9.85. The molecule has 10 heteroatoms. The Morgan fingerprint density at radius 1 is 0.976 bits per heavy atom. The first kappa shape index (κ1) is 27.9. The number of aromatic nitrogens is 3. The van der Waals surface area contributed by atoms with Gasteiger partial charge >= 0.3 is 6.18 Å². The van der Waals surface area contributed by atoms with Crippen molar-refractivity contribution in [2.45, 2.75) is 39.3 Å². The van der Waals surface area contributed by atoms with Crippen molar-refractivity contribution in [2.24, 2.45) is 5.73 Å². The number of anilines is 1. The second kappa shape index (κ2) is 11.1. The number of fused-ring (bicyclic) bond motifs is 1. The van der Waals surface area contributed by atoms with E-state index in [2.05, 4.69) is 15.3 Å². The number of hydrogen-bond acceptors (Lipinski definition) is 5. The first-order valence-electron chi connectivity index (χ1n) is 13.0. The maximum absolute atomic E-state index is 14.1. The molecular formula is C31H28F3N5O2. The minimum Gasteiger partial charge on any atom is -0.366 e. The molecule has 210 valence electrons. The van der Waals surface area contributed by atoms with E-state index >= 15 is 0 Å². The smallest absolute Gasteiger partial charge is 0.366 e. The predicted molar refractivity (Wildman–Crippen MR) is 153 cm³/mol. The third-order valence-electron chi connectivity index (χ3n) is 6.47. The number of hydrogen-bond donors (Lipinski definition) is 2. The molecule has 0 fully saturated rings. The van der Waals surface area contributed by atoms with Crippen LogP contribution >= 0.6 is 0 Å². The van der Waals surface area contributed by atoms with Gasteiger partial charge in [-0.15, -0.1) is 0 Å². The number of nitrogens with zero attached hydrogens (tertiary/aromatic N) is 3. The van der Waals surface area contributed by atoms with Crippen LogP contribution in [0.15, 0.2) is 85.3 Å². The Balaban J connectivity index is 1.68. The van der Waals surface area contributed by atoms with Gasteiger partial charge in [-0.2, -0.15) is 13.2 Å². The van der Waals surface area contributed by atoms with Gasteiger partial charge in [-0.05, 0) is 56.2 Å². The normalized spacial score (nSPS) is 12.6. The van der Waals surface area contributed by atoms with Crippen molar-refractivity contribution >= 4 is 22.5 Å². The average molecular weight is 560 g/mol. The fourth-order valence-electron chi connectivity index (χ4n) is 4.75. The zero-order valence-corrected chi connectivity index (χ0v) is 22.6. The van der Waals surface area contributed by atoms with Gasteiger partial charge in [-0.1, -0.05) is 48.5 Å². The number of para-hydroxylation sites is 1. The molecule has 0 aliphatic heterocycles. The van der Waals surface area contributed by atoms with Gasteiger partial charge in [0.2, 0.25) is 0 Å². The number of nitrogens with two attached hydrogens (primary N) is 1. The van der Waals surface area contributed by atoms with E-state index in [-0.39, 0.29) is 17.2 Å². The highest BCUT2D eigenvalue weighted by Crippen LogP contribution is 2.38. The maximum atomic E-state index is 14.1. The van der Waals surface area contributed by atoms with Crippen LogP contribution in [0.3, 0.4) is 0 Å². The molecule has 3 N–H and O–H groups in total. The van der Waals surface area contributed by atoms with E-state index in [0.717, 1.165) is 11.6 Å². The molecule has 0 aliphatic carbocycles. The molecule has 0 saturated heterocycles. The molecule has 0 radical (unpaired) electrons. The number of ether oxygens (including phenoxy) is 1. The molecule has 1 amide bonds. The van der Waals surface area contributed by atoms with Crippen molar-refractivity contribution < 1.29 is 22.7 Å². The van der Waals surface area contributed by atoms with E-state index in [0.29, 0.717) is 33.6 Å². The van der Waals surface area contributed by atoms with E-state index in [1.54, 1.807) is 54.3 Å². The molecule has 0 saturated carbocycles. The van der Waals surface area contributed by atoms with Crippen molar-refractivity contribution in [1.29, 1.82) is 0 Å². The summed E-state index contributed by atoms with van der Waals surface area (Å²) in [5, 5.41) is 3.60. The summed E-state index contributed by atoms with van der Waals surface area (Å²) >= 11 is 0. The highest BCUT2D eigenvalue weighted by atomic mass is 19.4. The summed E-state index contributed by atoms with van der Waals surface area (Å²) in [7, 11) is 0. The summed E-state index contributed by atoms with van der Waals surface area (Å²) in [6.07, 6.45) is -1.98. The summed E-state index contributed by atoms with van der Waals surface area (Å²) in [5.74, 6) is -0.678. The molecule has 5 rings (SSSR count). The van der Waals surface area contributed by atoms with Gasteiger partial charge in [0.05, 0.1) is 34.9 Å². The van der Waals surface area contributed by atoms with Crippen molar-refractivity contribution in [3.8, 4) is 28.1 Å². The van der Waals surface area contributed by atoms with Crippen molar-refractivity contribution in [1.82, 2.24) is 14.5 Å². The SMILES string of the molecule is CC(C)OC(C)Nc1cc(-c2cc(C(F)(F)F)nc3c(-n4cnc(-c5ccccc5)c4)cccc23)ccc1C(N)=O. The van der Waals surface area contributed by atoms with E-state index in [4.69, 9.17) is 10.5 Å². The van der Waals surface area contributed by atoms with Crippen LogP contribution < -0.4 is 11.1 Å². The molecule has 41 heavy (non-hydrogen) atoms. The summed E-state index contributed by atoms with van der Waals surface area (Å²) < 4.78 is 49.8. The number of carbonyl (C=O) groups excluding carboxylic acids is 1. The highest BCUT2D eigenvalue weighted by Gasteiger charge is 2.34. The monoisotopic (exact) mass is 559 g/mol. The van der Waals surface area contributed by atoms with Crippen molar-refractivity contribution in [3.05, 3.63) is 96.6 Å². The van der Waals surface area contributed by atoms with Gasteiger partial charge in [-0.3, -0.25) is 4.79 Å². The lowest BCUT2D eigenvalue weighted by Gasteiger charge is -2.21. The molecule has 0 spiro atoms. The van der Waals surface area contributed by atoms with Gasteiger partial charge in [0.25, 0.3) is 5.91 Å². The van der Waals surface area contributed by atoms with Gasteiger partial charge in [0.15, 0.2) is 0 Å². The van der Waals surface area contributed by atoms with Crippen LogP contribution in [-0.4, -0.2) is 32.8 Å². The van der Waals surface area contributed by atoms with E-state index < -0.39 is 24.0 Å². The Morgan fingerprint density at radius 3 is 2.41 bits per heavy atom. The fourth-order valence-corrected chi connectivity index (χ4v) is 4.75. The number of imidazole rings is 1. The van der Waals surface area contributed by atoms with E-state index in [1.807, 2.05) is 44.2 Å². The zero-order valence-electron chi connectivity index (χ0n) is 22.6. The molecule has 1 atom stereocenters. The highest BCUT2D eigenvalue weighted by molar-refractivity contribution is 6.02. The number of halogens is 3. The lowest BCUT2D eigenvalue weighted by Crippen LogP contribution is -2.25. The van der Waals surface area contributed by atoms with Crippen LogP contribution in [0.25, 0.3) is 39.0 Å². The third-order valence-corrected chi connectivity index (χ3v) is 6.47. The number of carbonyl (C=O) groups is 1. The van der Waals surface area contributed by atoms with Crippen LogP contribution in [0.2, 0.25) is 0 Å². The molecule has 1 unspecified atom stereocenters. The molecule has 0 aliphatic rings. The van der Waals surface area contributed by atoms with Crippen LogP contribution in [0.5, 0.6) is 0 Å². The lowest BCUT2D eigenvalue weighted by atomic mass is 9.97. The number of pyridine rings is 1. The minimum absolute atomic E-state index is 0.0970. The quantitative estimate of drug-likeness (QED) is 0.199. The van der Waals surface area contributed by atoms with Crippen LogP contribution in [0, 0.1) is 0 Å². The Hall–Kier alpha value is -4.70. The van der Waals surface area contributed by atoms with Gasteiger partial charge < -0.3 is 20.4 Å². The molecule has 2 aromatic heterocycles. The molecular weight excluding hydrogens is 531 g/mol. The maximum Gasteiger partial charge on any atom is 0.433 e. The molecule has 2 heterocycles. The Bertz CT molecular complexity index is 1710. The van der Waals surface area contributed by atoms with Crippen molar-refractivity contribution in [3.63, 3.8) is 0 Å². The first-order valence-corrected chi connectivity index (χ1v) is 13.0. The standard InChI is InChI=1S/C31H28F3N5O2/c1-18(2)41-19(3)37-25-14-21(12-13-23(25)30(35)40)24-15-28(31(32,33)34)38-29-22(24)10-7-11-27(29)39-16-26(36-17-39)20-8-5-4-6-9-20/h4-19,37H,1-3H3,(H2,35,40). The van der Waals surface area contributed by atoms with Gasteiger partial charge in [0, 0.05) is 22.8 Å². The van der Waals surface area contributed by atoms with E-state index in [9.17, 15) is 18.0 Å². The number of amides is 1.